The van der Waals surface area contributed by atoms with Crippen LogP contribution in [0.15, 0.2) is 89.5 Å². The first kappa shape index (κ1) is 92.7. The molecule has 2 aromatic rings. The molecule has 0 saturated carbocycles. The van der Waals surface area contributed by atoms with Crippen LogP contribution in [0.4, 0.5) is 11.4 Å². The van der Waals surface area contributed by atoms with Crippen molar-refractivity contribution in [3.8, 4) is 0 Å². The zero-order valence-corrected chi connectivity index (χ0v) is 66.4. The van der Waals surface area contributed by atoms with Crippen LogP contribution in [-0.4, -0.2) is 199 Å². The van der Waals surface area contributed by atoms with Crippen LogP contribution in [0.2, 0.25) is 0 Å². The molecule has 0 aromatic heterocycles. The summed E-state index contributed by atoms with van der Waals surface area (Å²) in [7, 11) is -4.57. The van der Waals surface area contributed by atoms with Gasteiger partial charge in [0.25, 0.3) is 10.1 Å². The number of carbonyl (C=O) groups excluding carboxylic acids is 9. The van der Waals surface area contributed by atoms with E-state index in [1.54, 1.807) is 13.0 Å². The lowest BCUT2D eigenvalue weighted by Crippen LogP contribution is -2.51. The van der Waals surface area contributed by atoms with Crippen molar-refractivity contribution in [2.75, 3.05) is 37.7 Å². The predicted octanol–water partition coefficient (Wildman–Crippen LogP) is 8.34. The Kier molecular flexibility index (Phi) is 36.3. The maximum Gasteiger partial charge on any atom is 0.303 e. The van der Waals surface area contributed by atoms with Crippen molar-refractivity contribution < 1.29 is 115 Å². The van der Waals surface area contributed by atoms with Gasteiger partial charge in [0.1, 0.15) is 19.2 Å². The molecule has 0 radical (unpaired) electrons. The molecule has 5 rings (SSSR count). The molecule has 0 bridgehead atoms. The molecular weight excluding hydrogens is 1470 g/mol. The van der Waals surface area contributed by atoms with Crippen molar-refractivity contribution in [1.82, 2.24) is 26.2 Å². The van der Waals surface area contributed by atoms with Crippen molar-refractivity contribution in [1.29, 1.82) is 0 Å². The minimum absolute atomic E-state index is 0.0490. The van der Waals surface area contributed by atoms with Crippen molar-refractivity contribution in [3.05, 3.63) is 101 Å². The summed E-state index contributed by atoms with van der Waals surface area (Å²) in [5.41, 5.74) is 5.96. The third kappa shape index (κ3) is 28.1. The predicted molar refractivity (Wildman–Crippen MR) is 413 cm³/mol. The van der Waals surface area contributed by atoms with Crippen molar-refractivity contribution in [3.63, 3.8) is 0 Å². The maximum absolute atomic E-state index is 14.3. The molecule has 7 atom stereocenters. The summed E-state index contributed by atoms with van der Waals surface area (Å²) < 4.78 is 42.3. The molecule has 3 aliphatic rings. The molecule has 5 amide bonds. The molecule has 3 aliphatic heterocycles. The van der Waals surface area contributed by atoms with E-state index in [4.69, 9.17) is 4.74 Å². The van der Waals surface area contributed by atoms with E-state index in [0.717, 1.165) is 12.3 Å². The van der Waals surface area contributed by atoms with Crippen LogP contribution in [-0.2, 0) is 92.8 Å². The lowest BCUT2D eigenvalue weighted by Gasteiger charge is -2.27. The van der Waals surface area contributed by atoms with Crippen molar-refractivity contribution in [2.45, 2.75) is 250 Å². The van der Waals surface area contributed by atoms with Gasteiger partial charge in [0, 0.05) is 137 Å². The van der Waals surface area contributed by atoms with Gasteiger partial charge in [-0.25, -0.2) is 0 Å². The fourth-order valence-electron chi connectivity index (χ4n) is 14.4. The number of aliphatic carboxylic acids is 5. The van der Waals surface area contributed by atoms with Crippen LogP contribution in [0.25, 0.3) is 0 Å². The number of likely N-dealkylation sites (N-methyl/N-ethyl adjacent to an activating group) is 1. The summed E-state index contributed by atoms with van der Waals surface area (Å²) in [4.78, 5) is 186. The van der Waals surface area contributed by atoms with Gasteiger partial charge in [-0.1, -0.05) is 82.7 Å². The Morgan fingerprint density at radius 3 is 1.69 bits per heavy atom. The Bertz CT molecular complexity index is 4080. The number of likely N-dealkylation sites (tertiary alicyclic amines) is 1. The topological polar surface area (TPSA) is 461 Å². The average Bonchev–Trinajstić information content (AvgIpc) is 1.59. The van der Waals surface area contributed by atoms with Gasteiger partial charge in [-0.3, -0.25) is 71.7 Å². The number of fused-ring (bicyclic) bond motifs is 2. The van der Waals surface area contributed by atoms with Gasteiger partial charge in [0.15, 0.2) is 28.8 Å². The van der Waals surface area contributed by atoms with Gasteiger partial charge >= 0.3 is 29.8 Å². The zero-order chi connectivity index (χ0) is 83.4. The van der Waals surface area contributed by atoms with Crippen molar-refractivity contribution in [2.24, 2.45) is 17.8 Å². The summed E-state index contributed by atoms with van der Waals surface area (Å²) >= 11 is 0. The Hall–Kier alpha value is -9.88. The molecule has 2 aromatic carbocycles. The largest absolute Gasteiger partial charge is 0.481 e. The van der Waals surface area contributed by atoms with E-state index in [9.17, 15) is 106 Å². The summed E-state index contributed by atoms with van der Waals surface area (Å²) in [6.45, 7) is 18.8. The van der Waals surface area contributed by atoms with Crippen LogP contribution in [0.1, 0.15) is 213 Å². The fourth-order valence-corrected chi connectivity index (χ4v) is 14.9. The molecule has 0 spiro atoms. The number of Topliss-reactive ketones (excluding diaryl/α,β-unsaturated/α-hetero) is 4. The average molecular weight is 1580 g/mol. The number of carboxylic acid groups (broad SMARTS) is 5. The number of aryl methyl sites for hydroxylation is 1. The molecule has 3 heterocycles. The molecule has 10 N–H and O–H groups in total. The zero-order valence-electron chi connectivity index (χ0n) is 65.6. The molecular formula is C81H112N7O23S+. The molecule has 0 aliphatic carbocycles. The number of nitrogens with one attached hydrogen (secondary N) is 4. The smallest absolute Gasteiger partial charge is 0.303 e. The molecule has 112 heavy (non-hydrogen) atoms. The SMILES string of the molecule is CCC(=O)[C@H](CC(C)C)NC(=O)[C@@H]1CCCN1C(=O)COCCCC(=O)[C@@H](CCC(=O)O)NC(=O)[C@@H](CCC(=O)O)CC(=O)[C@@H](CCC(=O)O)NC(=O)[C@@H](CCC(=O)O)CC(=O)[C@@H](CCC(=O)O)NC(=O)CCCCC[N+]1=C(C=CC=CC=CC=C2N(CC)c3ccc(C)cc3C2(C)C)C(C)(C)c2cc(S(=O)(=O)O)ccc21. The number of hydrogen-bond acceptors (Lipinski definition) is 18. The summed E-state index contributed by atoms with van der Waals surface area (Å²) in [5.74, 6) is -16.8. The summed E-state index contributed by atoms with van der Waals surface area (Å²) in [6.07, 6.45) is 7.72. The molecule has 0 unspecified atom stereocenters. The minimum atomic E-state index is -4.57. The van der Waals surface area contributed by atoms with Gasteiger partial charge in [0.2, 0.25) is 35.2 Å². The van der Waals surface area contributed by atoms with Crippen LogP contribution in [0, 0.1) is 24.7 Å². The van der Waals surface area contributed by atoms with Gasteiger partial charge in [0.05, 0.1) is 34.5 Å². The van der Waals surface area contributed by atoms with Crippen LogP contribution in [0.5, 0.6) is 0 Å². The highest BCUT2D eigenvalue weighted by Crippen LogP contribution is 2.48. The first-order valence-corrected chi connectivity index (χ1v) is 39.8. The number of carbonyl (C=O) groups is 14. The fraction of sp³-hybridized carbons (Fsp3) is 0.568. The lowest BCUT2D eigenvalue weighted by molar-refractivity contribution is -0.438. The number of allylic oxidation sites excluding steroid dienone is 8. The summed E-state index contributed by atoms with van der Waals surface area (Å²) in [6, 6.07) is 4.47. The molecule has 614 valence electrons. The Labute approximate surface area is 654 Å². The van der Waals surface area contributed by atoms with E-state index >= 15 is 0 Å². The Morgan fingerprint density at radius 2 is 1.14 bits per heavy atom. The highest BCUT2D eigenvalue weighted by atomic mass is 32.2. The third-order valence-corrected chi connectivity index (χ3v) is 21.3. The van der Waals surface area contributed by atoms with E-state index in [-0.39, 0.29) is 67.3 Å². The van der Waals surface area contributed by atoms with Gasteiger partial charge in [-0.05, 0) is 134 Å². The monoisotopic (exact) mass is 1580 g/mol. The first-order valence-electron chi connectivity index (χ1n) is 38.4. The highest BCUT2D eigenvalue weighted by molar-refractivity contribution is 7.85. The first-order chi connectivity index (χ1) is 52.7. The normalized spacial score (nSPS) is 17.1. The van der Waals surface area contributed by atoms with E-state index in [1.165, 1.54) is 39.5 Å². The van der Waals surface area contributed by atoms with E-state index in [2.05, 4.69) is 78.1 Å². The lowest BCUT2D eigenvalue weighted by atomic mass is 9.81. The number of carboxylic acids is 5. The van der Waals surface area contributed by atoms with Crippen molar-refractivity contribution >= 4 is 110 Å². The quantitative estimate of drug-likeness (QED) is 0.0129. The second kappa shape index (κ2) is 43.8. The van der Waals surface area contributed by atoms with Crippen LogP contribution >= 0.6 is 0 Å². The number of anilines is 1. The Balaban J connectivity index is 1.24. The minimum Gasteiger partial charge on any atom is -0.481 e. The van der Waals surface area contributed by atoms with Crippen LogP contribution in [0.3, 0.4) is 0 Å². The number of amides is 5. The second-order valence-corrected chi connectivity index (χ2v) is 31.6. The van der Waals surface area contributed by atoms with Gasteiger partial charge in [-0.15, -0.1) is 0 Å². The second-order valence-electron chi connectivity index (χ2n) is 30.2. The van der Waals surface area contributed by atoms with E-state index in [0.29, 0.717) is 49.9 Å². The molecule has 1 saturated heterocycles. The number of unbranched alkanes of at least 4 members (excludes halogenated alkanes) is 2. The molecule has 1 fully saturated rings. The van der Waals surface area contributed by atoms with E-state index in [1.807, 2.05) is 68.7 Å². The third-order valence-electron chi connectivity index (χ3n) is 20.5. The standard InChI is InChI=1S/C81H111N7O23S/c1-10-64(89)60(44-50(3)4)85-79(107)63-22-20-42-88(63)71(94)49-111-43-21-23-65(90)57(31-38-74(99)100)83-77(105)53(29-37-73(97)98)47-67(92)59(33-40-76(103)104)84-78(106)52(28-36-72(95)96)46-66(91)58(32-39-75(101)102)82-70(93)26-18-15-19-41-87-62-35-30-54(112(108,109)110)48-56(62)81(8,9)69(87)25-17-14-12-13-16-24-68-80(6,7)55-45-51(5)27-34-61(55)86(68)11-2/h12-14,16-17,24-25,27,30,34-35,45,48,50,52-53,57-60,63H,10-11,15,18-23,26,28-29,31-33,36-44,46-47,49H2,1-9H3,(H9-,82,83,84,85,93,95,96,97,98,99,100,101,102,103,104,105,106,107,108,109,110)/p+1/t52-,53-,57+,58+,59+,60-,63-/m0/s1. The number of nitrogens with zero attached hydrogens (tertiary/aromatic N) is 3. The molecule has 30 nitrogen and oxygen atoms in total. The number of hydrogen-bond donors (Lipinski definition) is 10. The maximum atomic E-state index is 14.3. The number of rotatable bonds is 51. The highest BCUT2D eigenvalue weighted by Gasteiger charge is 2.46. The number of ketones is 4. The van der Waals surface area contributed by atoms with Crippen LogP contribution < -0.4 is 26.2 Å². The summed E-state index contributed by atoms with van der Waals surface area (Å²) in [5, 5.41) is 58.5. The van der Waals surface area contributed by atoms with E-state index < -0.39 is 218 Å². The molecule has 31 heteroatoms. The number of benzene rings is 2. The van der Waals surface area contributed by atoms with Gasteiger partial charge in [-0.2, -0.15) is 13.0 Å². The number of ether oxygens (including phenoxy) is 1. The Morgan fingerprint density at radius 1 is 0.598 bits per heavy atom. The van der Waals surface area contributed by atoms with Gasteiger partial charge < -0.3 is 61.3 Å².